The molecule has 0 aromatic heterocycles. The lowest BCUT2D eigenvalue weighted by Crippen LogP contribution is -2.27. The second kappa shape index (κ2) is 7.33. The van der Waals surface area contributed by atoms with Crippen LogP contribution >= 0.6 is 11.8 Å². The first kappa shape index (κ1) is 15.7. The molecule has 0 amide bonds. The number of thioether (sulfide) groups is 1. The molecule has 8 heteroatoms. The Morgan fingerprint density at radius 3 is 2.47 bits per heavy atom. The van der Waals surface area contributed by atoms with Gasteiger partial charge in [-0.2, -0.15) is 0 Å². The third-order valence-corrected chi connectivity index (χ3v) is 4.54. The molecule has 1 unspecified atom stereocenters. The quantitative estimate of drug-likeness (QED) is 0.370. The Kier molecular flexibility index (Phi) is 6.05. The molecular weight excluding hydrogens is 266 g/mol. The van der Waals surface area contributed by atoms with Crippen LogP contribution in [-0.4, -0.2) is 80.6 Å². The normalized spacial score (nSPS) is 42.8. The van der Waals surface area contributed by atoms with E-state index in [0.29, 0.717) is 25.4 Å². The minimum Gasteiger partial charge on any atom is -0.394 e. The van der Waals surface area contributed by atoms with E-state index in [4.69, 9.17) is 35.0 Å². The van der Waals surface area contributed by atoms with Crippen LogP contribution in [0.1, 0.15) is 12.8 Å². The Bertz CT molecular complexity index is 286. The molecule has 2 heterocycles. The summed E-state index contributed by atoms with van der Waals surface area (Å²) in [5, 5.41) is 18.9. The Hall–Kier alpha value is 0.280. The molecule has 2 rings (SSSR count). The highest BCUT2D eigenvalue weighted by molar-refractivity contribution is 7.99. The number of aliphatic hydroxyl groups is 2. The first-order valence-corrected chi connectivity index (χ1v) is 7.45. The number of ether oxygens (including phenoxy) is 3. The molecule has 2 fully saturated rings. The highest BCUT2D eigenvalue weighted by Gasteiger charge is 2.33. The molecule has 6 atom stereocenters. The van der Waals surface area contributed by atoms with E-state index in [-0.39, 0.29) is 30.1 Å². The third kappa shape index (κ3) is 4.37. The summed E-state index contributed by atoms with van der Waals surface area (Å²) in [5.41, 5.74) is 0. The van der Waals surface area contributed by atoms with Gasteiger partial charge >= 0.3 is 0 Å². The van der Waals surface area contributed by atoms with Crippen molar-refractivity contribution < 1.29 is 24.4 Å². The molecule has 0 aromatic rings. The average Bonchev–Trinajstić information content (AvgIpc) is 2.87. The lowest BCUT2D eigenvalue weighted by molar-refractivity contribution is -0.0206. The van der Waals surface area contributed by atoms with Crippen molar-refractivity contribution in [1.29, 1.82) is 0 Å². The maximum absolute atomic E-state index is 9.62. The molecule has 0 spiro atoms. The Labute approximate surface area is 120 Å². The predicted molar refractivity (Wildman–Crippen MR) is 73.4 cm³/mol. The first-order valence-electron chi connectivity index (χ1n) is 6.40. The Morgan fingerprint density at radius 2 is 1.84 bits per heavy atom. The van der Waals surface area contributed by atoms with Gasteiger partial charge < -0.3 is 24.4 Å². The van der Waals surface area contributed by atoms with E-state index in [9.17, 15) is 5.11 Å². The summed E-state index contributed by atoms with van der Waals surface area (Å²) in [4.78, 5) is 0. The van der Waals surface area contributed by atoms with E-state index in [1.54, 1.807) is 11.8 Å². The van der Waals surface area contributed by atoms with Crippen LogP contribution in [0.3, 0.4) is 0 Å². The fourth-order valence-electron chi connectivity index (χ4n) is 2.30. The second-order valence-electron chi connectivity index (χ2n) is 4.84. The zero-order chi connectivity index (χ0) is 13.8. The van der Waals surface area contributed by atoms with Crippen molar-refractivity contribution in [3.05, 3.63) is 0 Å². The van der Waals surface area contributed by atoms with Gasteiger partial charge in [-0.05, 0) is 12.8 Å². The lowest BCUT2D eigenvalue weighted by Gasteiger charge is -2.17. The van der Waals surface area contributed by atoms with Crippen LogP contribution in [0.4, 0.5) is 0 Å². The number of hydrogen-bond donors (Lipinski definition) is 2. The molecule has 19 heavy (non-hydrogen) atoms. The van der Waals surface area contributed by atoms with Gasteiger partial charge in [0.15, 0.2) is 0 Å². The number of rotatable bonds is 6. The summed E-state index contributed by atoms with van der Waals surface area (Å²) in [6.45, 7) is 0.274. The van der Waals surface area contributed by atoms with Crippen LogP contribution in [0.15, 0.2) is 0 Å². The first-order chi connectivity index (χ1) is 9.10. The van der Waals surface area contributed by atoms with E-state index in [0.717, 1.165) is 0 Å². The standard InChI is InChI=1S/C11H18B2O5S/c12-10-1-6(15)8(18-10)4-16-5-19-9-2-11(13)17-7(9)3-14/h6-11,14-15H,1-5H2/t6-,7-,8-,9?,10-,11-/m1/s1. The van der Waals surface area contributed by atoms with E-state index in [1.165, 1.54) is 0 Å². The van der Waals surface area contributed by atoms with Gasteiger partial charge in [0.2, 0.25) is 0 Å². The fraction of sp³-hybridized carbons (Fsp3) is 1.00. The molecule has 2 aliphatic rings. The van der Waals surface area contributed by atoms with Crippen molar-refractivity contribution in [1.82, 2.24) is 0 Å². The maximum atomic E-state index is 9.62. The van der Waals surface area contributed by atoms with Gasteiger partial charge in [-0.15, -0.1) is 11.8 Å². The van der Waals surface area contributed by atoms with Crippen LogP contribution in [0.25, 0.3) is 0 Å². The zero-order valence-corrected chi connectivity index (χ0v) is 11.5. The van der Waals surface area contributed by atoms with Gasteiger partial charge in [0.25, 0.3) is 0 Å². The van der Waals surface area contributed by atoms with Crippen LogP contribution in [-0.2, 0) is 14.2 Å². The predicted octanol–water partition coefficient (Wildman–Crippen LogP) is -1.02. The molecule has 0 saturated carbocycles. The van der Waals surface area contributed by atoms with Gasteiger partial charge in [0, 0.05) is 17.3 Å². The average molecular weight is 284 g/mol. The Balaban J connectivity index is 1.61. The summed E-state index contributed by atoms with van der Waals surface area (Å²) in [7, 11) is 11.2. The van der Waals surface area contributed by atoms with Crippen LogP contribution in [0.2, 0.25) is 0 Å². The molecule has 0 bridgehead atoms. The van der Waals surface area contributed by atoms with Crippen LogP contribution in [0, 0.1) is 0 Å². The smallest absolute Gasteiger partial charge is 0.109 e. The topological polar surface area (TPSA) is 68.2 Å². The monoisotopic (exact) mass is 284 g/mol. The molecule has 2 aliphatic heterocycles. The molecular formula is C11H18B2O5S. The van der Waals surface area contributed by atoms with Crippen molar-refractivity contribution >= 4 is 27.5 Å². The SMILES string of the molecule is [B][C@H]1CC(SCOC[C@H]2O[C@@H]([B])C[C@H]2O)[C@@H](CO)O1. The highest BCUT2D eigenvalue weighted by Crippen LogP contribution is 2.29. The molecule has 2 N–H and O–H groups in total. The van der Waals surface area contributed by atoms with Gasteiger partial charge in [-0.3, -0.25) is 0 Å². The number of hydrogen-bond acceptors (Lipinski definition) is 6. The maximum Gasteiger partial charge on any atom is 0.109 e. The molecule has 2 saturated heterocycles. The summed E-state index contributed by atoms with van der Waals surface area (Å²) in [6, 6.07) is -0.719. The van der Waals surface area contributed by atoms with Crippen molar-refractivity contribution in [2.75, 3.05) is 19.2 Å². The van der Waals surface area contributed by atoms with Gasteiger partial charge in [-0.25, -0.2) is 0 Å². The van der Waals surface area contributed by atoms with E-state index in [2.05, 4.69) is 0 Å². The van der Waals surface area contributed by atoms with Gasteiger partial charge in [-0.1, -0.05) is 0 Å². The van der Waals surface area contributed by atoms with Crippen molar-refractivity contribution in [2.24, 2.45) is 0 Å². The zero-order valence-electron chi connectivity index (χ0n) is 10.7. The van der Waals surface area contributed by atoms with Gasteiger partial charge in [0.05, 0.1) is 31.4 Å². The molecule has 0 aromatic carbocycles. The number of aliphatic hydroxyl groups excluding tert-OH is 2. The van der Waals surface area contributed by atoms with Crippen LogP contribution in [0.5, 0.6) is 0 Å². The Morgan fingerprint density at radius 1 is 1.16 bits per heavy atom. The molecule has 5 nitrogen and oxygen atoms in total. The van der Waals surface area contributed by atoms with Crippen LogP contribution < -0.4 is 0 Å². The summed E-state index contributed by atoms with van der Waals surface area (Å²) >= 11 is 1.55. The highest BCUT2D eigenvalue weighted by atomic mass is 32.2. The third-order valence-electron chi connectivity index (χ3n) is 3.31. The summed E-state index contributed by atoms with van der Waals surface area (Å²) in [6.07, 6.45) is -0.00346. The summed E-state index contributed by atoms with van der Waals surface area (Å²) in [5.74, 6) is 0.444. The van der Waals surface area contributed by atoms with E-state index in [1.807, 2.05) is 0 Å². The van der Waals surface area contributed by atoms with E-state index >= 15 is 0 Å². The van der Waals surface area contributed by atoms with Crippen molar-refractivity contribution in [3.8, 4) is 0 Å². The van der Waals surface area contributed by atoms with Crippen molar-refractivity contribution in [3.63, 3.8) is 0 Å². The summed E-state index contributed by atoms with van der Waals surface area (Å²) < 4.78 is 16.1. The minimum absolute atomic E-state index is 0.0370. The minimum atomic E-state index is -0.562. The second-order valence-corrected chi connectivity index (χ2v) is 6.02. The van der Waals surface area contributed by atoms with E-state index < -0.39 is 12.1 Å². The molecule has 104 valence electrons. The van der Waals surface area contributed by atoms with Crippen molar-refractivity contribution in [2.45, 2.75) is 48.4 Å². The molecule has 4 radical (unpaired) electrons. The molecule has 0 aliphatic carbocycles. The fourth-order valence-corrected chi connectivity index (χ4v) is 3.35. The van der Waals surface area contributed by atoms with Gasteiger partial charge in [0.1, 0.15) is 21.8 Å². The lowest BCUT2D eigenvalue weighted by atomic mass is 9.96. The largest absolute Gasteiger partial charge is 0.394 e.